The zero-order chi connectivity index (χ0) is 12.2. The SMILES string of the molecule is CC(C)CS(=O)(=O)NCC1(N)CCCCC1. The minimum atomic E-state index is -3.15. The van der Waals surface area contributed by atoms with E-state index in [2.05, 4.69) is 4.72 Å². The molecule has 0 unspecified atom stereocenters. The fraction of sp³-hybridized carbons (Fsp3) is 1.00. The first-order valence-electron chi connectivity index (χ1n) is 6.09. The number of rotatable bonds is 5. The molecule has 1 saturated carbocycles. The second-order valence-corrected chi connectivity index (χ2v) is 7.27. The summed E-state index contributed by atoms with van der Waals surface area (Å²) in [7, 11) is -3.15. The van der Waals surface area contributed by atoms with Crippen LogP contribution in [-0.4, -0.2) is 26.3 Å². The molecular weight excluding hydrogens is 224 g/mol. The van der Waals surface area contributed by atoms with Crippen molar-refractivity contribution < 1.29 is 8.42 Å². The molecule has 5 heteroatoms. The summed E-state index contributed by atoms with van der Waals surface area (Å²) in [5, 5.41) is 0. The minimum absolute atomic E-state index is 0.151. The number of hydrogen-bond donors (Lipinski definition) is 2. The number of nitrogens with two attached hydrogens (primary N) is 1. The molecule has 0 amide bonds. The fourth-order valence-corrected chi connectivity index (χ4v) is 3.69. The molecule has 1 aliphatic rings. The Labute approximate surface area is 99.0 Å². The first kappa shape index (κ1) is 13.9. The summed E-state index contributed by atoms with van der Waals surface area (Å²) in [6.07, 6.45) is 5.30. The number of hydrogen-bond acceptors (Lipinski definition) is 3. The van der Waals surface area contributed by atoms with E-state index in [1.165, 1.54) is 6.42 Å². The van der Waals surface area contributed by atoms with Crippen molar-refractivity contribution in [3.05, 3.63) is 0 Å². The van der Waals surface area contributed by atoms with Crippen LogP contribution in [0.5, 0.6) is 0 Å². The molecule has 0 aliphatic heterocycles. The molecule has 0 aromatic rings. The number of nitrogens with one attached hydrogen (secondary N) is 1. The first-order chi connectivity index (χ1) is 7.33. The van der Waals surface area contributed by atoms with Gasteiger partial charge in [-0.15, -0.1) is 0 Å². The second-order valence-electron chi connectivity index (χ2n) is 5.42. The van der Waals surface area contributed by atoms with Crippen molar-refractivity contribution in [2.24, 2.45) is 11.7 Å². The van der Waals surface area contributed by atoms with Gasteiger partial charge in [-0.05, 0) is 18.8 Å². The molecule has 96 valence electrons. The van der Waals surface area contributed by atoms with E-state index in [0.29, 0.717) is 6.54 Å². The van der Waals surface area contributed by atoms with Gasteiger partial charge in [-0.1, -0.05) is 33.1 Å². The zero-order valence-electron chi connectivity index (χ0n) is 10.3. The molecule has 4 nitrogen and oxygen atoms in total. The van der Waals surface area contributed by atoms with Crippen LogP contribution in [0.2, 0.25) is 0 Å². The molecule has 0 heterocycles. The van der Waals surface area contributed by atoms with Gasteiger partial charge in [0.2, 0.25) is 10.0 Å². The van der Waals surface area contributed by atoms with Gasteiger partial charge in [0.05, 0.1) is 5.75 Å². The van der Waals surface area contributed by atoms with E-state index < -0.39 is 10.0 Å². The summed E-state index contributed by atoms with van der Waals surface area (Å²) in [4.78, 5) is 0. The third kappa shape index (κ3) is 4.80. The fourth-order valence-electron chi connectivity index (χ4n) is 2.18. The highest BCUT2D eigenvalue weighted by molar-refractivity contribution is 7.89. The van der Waals surface area contributed by atoms with Gasteiger partial charge in [0.25, 0.3) is 0 Å². The van der Waals surface area contributed by atoms with E-state index in [9.17, 15) is 8.42 Å². The van der Waals surface area contributed by atoms with Crippen LogP contribution in [0, 0.1) is 5.92 Å². The maximum Gasteiger partial charge on any atom is 0.211 e. The van der Waals surface area contributed by atoms with Crippen molar-refractivity contribution in [1.82, 2.24) is 4.72 Å². The third-order valence-corrected chi connectivity index (χ3v) is 4.74. The van der Waals surface area contributed by atoms with Crippen LogP contribution in [0.1, 0.15) is 46.0 Å². The van der Waals surface area contributed by atoms with Crippen molar-refractivity contribution in [1.29, 1.82) is 0 Å². The van der Waals surface area contributed by atoms with Crippen molar-refractivity contribution in [3.8, 4) is 0 Å². The highest BCUT2D eigenvalue weighted by Crippen LogP contribution is 2.25. The topological polar surface area (TPSA) is 72.2 Å². The maximum absolute atomic E-state index is 11.7. The van der Waals surface area contributed by atoms with Crippen LogP contribution in [0.3, 0.4) is 0 Å². The Morgan fingerprint density at radius 3 is 2.31 bits per heavy atom. The largest absolute Gasteiger partial charge is 0.324 e. The molecule has 0 aromatic heterocycles. The van der Waals surface area contributed by atoms with E-state index >= 15 is 0 Å². The molecule has 0 bridgehead atoms. The van der Waals surface area contributed by atoms with Crippen LogP contribution < -0.4 is 10.5 Å². The Morgan fingerprint density at radius 2 is 1.81 bits per heavy atom. The molecule has 0 aromatic carbocycles. The van der Waals surface area contributed by atoms with E-state index in [1.54, 1.807) is 0 Å². The second kappa shape index (κ2) is 5.47. The van der Waals surface area contributed by atoms with E-state index in [1.807, 2.05) is 13.8 Å². The highest BCUT2D eigenvalue weighted by atomic mass is 32.2. The van der Waals surface area contributed by atoms with Gasteiger partial charge in [0.1, 0.15) is 0 Å². The number of sulfonamides is 1. The Kier molecular flexibility index (Phi) is 4.76. The van der Waals surface area contributed by atoms with E-state index in [4.69, 9.17) is 5.73 Å². The van der Waals surface area contributed by atoms with Crippen LogP contribution in [0.25, 0.3) is 0 Å². The summed E-state index contributed by atoms with van der Waals surface area (Å²) in [6.45, 7) is 4.19. The minimum Gasteiger partial charge on any atom is -0.324 e. The quantitative estimate of drug-likeness (QED) is 0.768. The van der Waals surface area contributed by atoms with Crippen molar-refractivity contribution in [3.63, 3.8) is 0 Å². The third-order valence-electron chi connectivity index (χ3n) is 3.05. The lowest BCUT2D eigenvalue weighted by atomic mass is 9.83. The van der Waals surface area contributed by atoms with E-state index in [0.717, 1.165) is 25.7 Å². The predicted molar refractivity (Wildman–Crippen MR) is 66.6 cm³/mol. The average molecular weight is 248 g/mol. The first-order valence-corrected chi connectivity index (χ1v) is 7.74. The molecular formula is C11H24N2O2S. The smallest absolute Gasteiger partial charge is 0.211 e. The van der Waals surface area contributed by atoms with Crippen LogP contribution >= 0.6 is 0 Å². The van der Waals surface area contributed by atoms with E-state index in [-0.39, 0.29) is 17.2 Å². The molecule has 0 spiro atoms. The van der Waals surface area contributed by atoms with Crippen LogP contribution in [0.15, 0.2) is 0 Å². The molecule has 1 fully saturated rings. The lowest BCUT2D eigenvalue weighted by molar-refractivity contribution is 0.296. The van der Waals surface area contributed by atoms with Gasteiger partial charge in [0, 0.05) is 12.1 Å². The van der Waals surface area contributed by atoms with Crippen LogP contribution in [-0.2, 0) is 10.0 Å². The molecule has 16 heavy (non-hydrogen) atoms. The summed E-state index contributed by atoms with van der Waals surface area (Å²) in [6, 6.07) is 0. The predicted octanol–water partition coefficient (Wildman–Crippen LogP) is 1.22. The van der Waals surface area contributed by atoms with Crippen molar-refractivity contribution in [2.45, 2.75) is 51.5 Å². The van der Waals surface area contributed by atoms with Crippen molar-refractivity contribution in [2.75, 3.05) is 12.3 Å². The summed E-state index contributed by atoms with van der Waals surface area (Å²) in [5.74, 6) is 0.334. The molecule has 0 saturated heterocycles. The Morgan fingerprint density at radius 1 is 1.25 bits per heavy atom. The highest BCUT2D eigenvalue weighted by Gasteiger charge is 2.28. The van der Waals surface area contributed by atoms with Gasteiger partial charge in [-0.3, -0.25) is 0 Å². The van der Waals surface area contributed by atoms with Gasteiger partial charge in [-0.2, -0.15) is 0 Å². The monoisotopic (exact) mass is 248 g/mol. The summed E-state index contributed by atoms with van der Waals surface area (Å²) in [5.41, 5.74) is 5.85. The summed E-state index contributed by atoms with van der Waals surface area (Å²) >= 11 is 0. The lowest BCUT2D eigenvalue weighted by Gasteiger charge is -2.33. The zero-order valence-corrected chi connectivity index (χ0v) is 11.1. The standard InChI is InChI=1S/C11H24N2O2S/c1-10(2)8-16(14,15)13-9-11(12)6-4-3-5-7-11/h10,13H,3-9,12H2,1-2H3. The molecule has 0 radical (unpaired) electrons. The van der Waals surface area contributed by atoms with Crippen molar-refractivity contribution >= 4 is 10.0 Å². The van der Waals surface area contributed by atoms with Gasteiger partial charge >= 0.3 is 0 Å². The van der Waals surface area contributed by atoms with Gasteiger partial charge in [-0.25, -0.2) is 13.1 Å². The molecule has 1 rings (SSSR count). The Balaban J connectivity index is 2.43. The normalized spacial score (nSPS) is 21.2. The molecule has 0 atom stereocenters. The van der Waals surface area contributed by atoms with Crippen LogP contribution in [0.4, 0.5) is 0 Å². The van der Waals surface area contributed by atoms with Gasteiger partial charge in [0.15, 0.2) is 0 Å². The maximum atomic E-state index is 11.7. The lowest BCUT2D eigenvalue weighted by Crippen LogP contribution is -2.51. The molecule has 1 aliphatic carbocycles. The summed E-state index contributed by atoms with van der Waals surface area (Å²) < 4.78 is 26.0. The van der Waals surface area contributed by atoms with Gasteiger partial charge < -0.3 is 5.73 Å². The Bertz CT molecular complexity index is 306. The Hall–Kier alpha value is -0.130. The molecule has 3 N–H and O–H groups in total. The average Bonchev–Trinajstić information content (AvgIpc) is 2.15.